The van der Waals surface area contributed by atoms with Crippen LogP contribution < -0.4 is 20.3 Å². The molecule has 3 heterocycles. The second-order valence-corrected chi connectivity index (χ2v) is 11.1. The predicted octanol–water partition coefficient (Wildman–Crippen LogP) is 4.20. The molecule has 210 valence electrons. The Morgan fingerprint density at radius 3 is 2.48 bits per heavy atom. The second kappa shape index (κ2) is 11.1. The molecular formula is C28H32Cl2N8O2. The maximum absolute atomic E-state index is 12.2. The number of hydrogen-bond acceptors (Lipinski definition) is 9. The molecule has 0 saturated carbocycles. The van der Waals surface area contributed by atoms with Crippen molar-refractivity contribution in [1.82, 2.24) is 19.8 Å². The highest BCUT2D eigenvalue weighted by atomic mass is 35.5. The lowest BCUT2D eigenvalue weighted by Crippen LogP contribution is -2.58. The molecule has 0 spiro atoms. The number of nitrogen functional groups attached to an aromatic ring is 1. The van der Waals surface area contributed by atoms with Crippen molar-refractivity contribution in [3.8, 4) is 11.5 Å². The van der Waals surface area contributed by atoms with E-state index in [1.807, 2.05) is 13.0 Å². The predicted molar refractivity (Wildman–Crippen MR) is 162 cm³/mol. The van der Waals surface area contributed by atoms with Gasteiger partial charge in [-0.3, -0.25) is 4.79 Å². The van der Waals surface area contributed by atoms with Gasteiger partial charge in [0.15, 0.2) is 11.5 Å². The van der Waals surface area contributed by atoms with Crippen molar-refractivity contribution in [2.24, 2.45) is 0 Å². The number of aryl methyl sites for hydroxylation is 1. The van der Waals surface area contributed by atoms with Gasteiger partial charge in [0.25, 0.3) is 0 Å². The standard InChI is InChI=1S/C28H32Cl2N8O2/c1-5-23(39)36-6-8-37(9-7-36)27-19-11-17(29)12-22(40-26-20(13-31)21(32)10-16(2)24(26)30)25(19)33-28(34-27)38-14-18(15-38)35(3)4/h5,10-13,18,31H,1,6-9,14-15,32H2,2-4H3. The first-order chi connectivity index (χ1) is 19.1. The van der Waals surface area contributed by atoms with Gasteiger partial charge < -0.3 is 35.5 Å². The third-order valence-electron chi connectivity index (χ3n) is 7.47. The Morgan fingerprint density at radius 2 is 1.85 bits per heavy atom. The number of hydrogen-bond donors (Lipinski definition) is 2. The van der Waals surface area contributed by atoms with Crippen LogP contribution in [0.25, 0.3) is 10.9 Å². The number of anilines is 3. The summed E-state index contributed by atoms with van der Waals surface area (Å²) in [6.45, 7) is 9.29. The van der Waals surface area contributed by atoms with Gasteiger partial charge in [-0.2, -0.15) is 4.98 Å². The van der Waals surface area contributed by atoms with E-state index >= 15 is 0 Å². The molecule has 0 aliphatic carbocycles. The van der Waals surface area contributed by atoms with Crippen molar-refractivity contribution < 1.29 is 9.53 Å². The highest BCUT2D eigenvalue weighted by molar-refractivity contribution is 6.33. The highest BCUT2D eigenvalue weighted by Gasteiger charge is 2.32. The third-order valence-corrected chi connectivity index (χ3v) is 8.16. The van der Waals surface area contributed by atoms with E-state index < -0.39 is 0 Å². The molecule has 0 radical (unpaired) electrons. The van der Waals surface area contributed by atoms with Gasteiger partial charge in [-0.15, -0.1) is 0 Å². The zero-order chi connectivity index (χ0) is 28.7. The molecule has 2 aromatic carbocycles. The number of benzene rings is 2. The van der Waals surface area contributed by atoms with E-state index in [0.29, 0.717) is 81.9 Å². The van der Waals surface area contributed by atoms with Crippen LogP contribution in [-0.2, 0) is 4.79 Å². The number of carbonyl (C=O) groups is 1. The minimum absolute atomic E-state index is 0.0850. The molecule has 40 heavy (non-hydrogen) atoms. The highest BCUT2D eigenvalue weighted by Crippen LogP contribution is 2.42. The molecule has 2 aliphatic heterocycles. The topological polar surface area (TPSA) is 115 Å². The van der Waals surface area contributed by atoms with E-state index in [-0.39, 0.29) is 11.7 Å². The minimum atomic E-state index is -0.0850. The molecular weight excluding hydrogens is 551 g/mol. The Labute approximate surface area is 243 Å². The average molecular weight is 584 g/mol. The fraction of sp³-hybridized carbons (Fsp3) is 0.357. The summed E-state index contributed by atoms with van der Waals surface area (Å²) in [5.74, 6) is 1.87. The summed E-state index contributed by atoms with van der Waals surface area (Å²) in [5.41, 5.74) is 8.24. The monoisotopic (exact) mass is 582 g/mol. The molecule has 12 heteroatoms. The van der Waals surface area contributed by atoms with Gasteiger partial charge >= 0.3 is 0 Å². The van der Waals surface area contributed by atoms with Crippen molar-refractivity contribution in [3.05, 3.63) is 52.0 Å². The van der Waals surface area contributed by atoms with Crippen LogP contribution in [0.1, 0.15) is 11.1 Å². The molecule has 0 unspecified atom stereocenters. The number of fused-ring (bicyclic) bond motifs is 1. The molecule has 10 nitrogen and oxygen atoms in total. The van der Waals surface area contributed by atoms with Crippen LogP contribution in [0, 0.1) is 12.3 Å². The maximum atomic E-state index is 12.2. The first kappa shape index (κ1) is 27.9. The molecule has 1 amide bonds. The van der Waals surface area contributed by atoms with E-state index in [2.05, 4.69) is 35.4 Å². The number of rotatable bonds is 7. The smallest absolute Gasteiger partial charge is 0.246 e. The van der Waals surface area contributed by atoms with Crippen LogP contribution in [0.2, 0.25) is 10.0 Å². The lowest BCUT2D eigenvalue weighted by atomic mass is 10.1. The van der Waals surface area contributed by atoms with Gasteiger partial charge in [0.1, 0.15) is 11.3 Å². The summed E-state index contributed by atoms with van der Waals surface area (Å²) in [4.78, 5) is 30.4. The number of carbonyl (C=O) groups excluding carboxylic acids is 1. The number of aromatic nitrogens is 2. The minimum Gasteiger partial charge on any atom is -0.453 e. The van der Waals surface area contributed by atoms with Crippen LogP contribution in [-0.4, -0.2) is 91.3 Å². The number of nitrogens with two attached hydrogens (primary N) is 1. The average Bonchev–Trinajstić information content (AvgIpc) is 2.90. The Bertz CT molecular complexity index is 1500. The van der Waals surface area contributed by atoms with Crippen LogP contribution in [0.4, 0.5) is 17.5 Å². The molecule has 0 bridgehead atoms. The van der Waals surface area contributed by atoms with Gasteiger partial charge in [-0.25, -0.2) is 4.98 Å². The number of nitrogens with one attached hydrogen (secondary N) is 1. The second-order valence-electron chi connectivity index (χ2n) is 10.3. The summed E-state index contributed by atoms with van der Waals surface area (Å²) in [7, 11) is 4.12. The summed E-state index contributed by atoms with van der Waals surface area (Å²) in [6.07, 6.45) is 2.47. The SMILES string of the molecule is C=CC(=O)N1CCN(c2nc(N3CC(N(C)C)C3)nc3c(Oc4c(Cl)c(C)cc(N)c4C=N)cc(Cl)cc23)CC1. The van der Waals surface area contributed by atoms with E-state index in [0.717, 1.165) is 24.9 Å². The van der Waals surface area contributed by atoms with Crippen LogP contribution in [0.15, 0.2) is 30.9 Å². The fourth-order valence-corrected chi connectivity index (χ4v) is 5.38. The summed E-state index contributed by atoms with van der Waals surface area (Å²) in [6, 6.07) is 5.63. The fourth-order valence-electron chi connectivity index (χ4n) is 4.97. The zero-order valence-corrected chi connectivity index (χ0v) is 24.3. The summed E-state index contributed by atoms with van der Waals surface area (Å²) in [5, 5.41) is 9.43. The largest absolute Gasteiger partial charge is 0.453 e. The molecule has 1 aromatic heterocycles. The molecule has 2 fully saturated rings. The number of amides is 1. The van der Waals surface area contributed by atoms with E-state index in [1.54, 1.807) is 17.0 Å². The van der Waals surface area contributed by atoms with Gasteiger partial charge in [0.05, 0.1) is 10.6 Å². The normalized spacial score (nSPS) is 15.9. The Balaban J connectivity index is 1.62. The number of piperazine rings is 1. The lowest BCUT2D eigenvalue weighted by Gasteiger charge is -2.43. The van der Waals surface area contributed by atoms with E-state index in [1.165, 1.54) is 6.08 Å². The molecule has 3 aromatic rings. The van der Waals surface area contributed by atoms with Crippen molar-refractivity contribution in [2.75, 3.05) is 68.9 Å². The molecule has 3 N–H and O–H groups in total. The van der Waals surface area contributed by atoms with Crippen molar-refractivity contribution >= 4 is 63.7 Å². The van der Waals surface area contributed by atoms with Gasteiger partial charge in [-0.05, 0) is 44.8 Å². The Morgan fingerprint density at radius 1 is 1.15 bits per heavy atom. The van der Waals surface area contributed by atoms with Crippen LogP contribution in [0.5, 0.6) is 11.5 Å². The van der Waals surface area contributed by atoms with Crippen molar-refractivity contribution in [1.29, 1.82) is 5.41 Å². The van der Waals surface area contributed by atoms with E-state index in [9.17, 15) is 4.79 Å². The van der Waals surface area contributed by atoms with Gasteiger partial charge in [0.2, 0.25) is 11.9 Å². The van der Waals surface area contributed by atoms with Crippen molar-refractivity contribution in [3.63, 3.8) is 0 Å². The molecule has 5 rings (SSSR count). The first-order valence-corrected chi connectivity index (χ1v) is 13.7. The zero-order valence-electron chi connectivity index (χ0n) is 22.7. The quantitative estimate of drug-likeness (QED) is 0.242. The van der Waals surface area contributed by atoms with Gasteiger partial charge in [-0.1, -0.05) is 29.8 Å². The van der Waals surface area contributed by atoms with Crippen LogP contribution in [0.3, 0.4) is 0 Å². The summed E-state index contributed by atoms with van der Waals surface area (Å²) >= 11 is 13.3. The number of likely N-dealkylation sites (N-methyl/N-ethyl adjacent to an activating group) is 1. The first-order valence-electron chi connectivity index (χ1n) is 13.0. The van der Waals surface area contributed by atoms with Crippen LogP contribution >= 0.6 is 23.2 Å². The lowest BCUT2D eigenvalue weighted by molar-refractivity contribution is -0.126. The number of halogens is 2. The molecule has 0 atom stereocenters. The van der Waals surface area contributed by atoms with Gasteiger partial charge in [0, 0.05) is 73.7 Å². The third kappa shape index (κ3) is 5.14. The maximum Gasteiger partial charge on any atom is 0.246 e. The Kier molecular flexibility index (Phi) is 7.76. The molecule has 2 saturated heterocycles. The Hall–Kier alpha value is -3.60. The van der Waals surface area contributed by atoms with Crippen molar-refractivity contribution in [2.45, 2.75) is 13.0 Å². The molecule has 2 aliphatic rings. The number of nitrogens with zero attached hydrogens (tertiary/aromatic N) is 6. The van der Waals surface area contributed by atoms with E-state index in [4.69, 9.17) is 49.0 Å². The summed E-state index contributed by atoms with van der Waals surface area (Å²) < 4.78 is 6.39. The number of ether oxygens (including phenoxy) is 1.